The number of piperidine rings is 1. The van der Waals surface area contributed by atoms with Crippen molar-refractivity contribution in [2.24, 2.45) is 5.92 Å². The number of aryl methyl sites for hydroxylation is 1. The molecule has 1 amide bonds. The number of hydrogen-bond donors (Lipinski definition) is 0. The lowest BCUT2D eigenvalue weighted by Crippen LogP contribution is -2.42. The number of aromatic nitrogens is 2. The summed E-state index contributed by atoms with van der Waals surface area (Å²) in [5.41, 5.74) is 2.91. The number of likely N-dealkylation sites (tertiary alicyclic amines) is 1. The molecule has 0 saturated carbocycles. The molecule has 1 aromatic heterocycles. The zero-order chi connectivity index (χ0) is 18.6. The molecule has 0 bridgehead atoms. The number of nitrogens with zero attached hydrogens (tertiary/aromatic N) is 3. The number of amides is 1. The van der Waals surface area contributed by atoms with Gasteiger partial charge in [-0.15, -0.1) is 0 Å². The molecule has 0 N–H and O–H groups in total. The summed E-state index contributed by atoms with van der Waals surface area (Å²) in [7, 11) is 0. The molecule has 0 radical (unpaired) electrons. The van der Waals surface area contributed by atoms with Gasteiger partial charge in [0.05, 0.1) is 0 Å². The van der Waals surface area contributed by atoms with E-state index in [-0.39, 0.29) is 17.6 Å². The first-order valence-electron chi connectivity index (χ1n) is 9.29. The number of carbonyl (C=O) groups excluding carboxylic acids is 2. The van der Waals surface area contributed by atoms with E-state index in [4.69, 9.17) is 0 Å². The minimum Gasteiger partial charge on any atom is -0.338 e. The van der Waals surface area contributed by atoms with Crippen molar-refractivity contribution in [1.29, 1.82) is 0 Å². The van der Waals surface area contributed by atoms with Crippen LogP contribution in [-0.4, -0.2) is 40.0 Å². The molecule has 27 heavy (non-hydrogen) atoms. The minimum absolute atomic E-state index is 0.0690. The Balaban J connectivity index is 1.39. The molecular formula is C21H21N3O3. The average Bonchev–Trinajstić information content (AvgIpc) is 3.20. The molecule has 4 rings (SSSR count). The Bertz CT molecular complexity index is 951. The number of Topliss-reactive ketones (excluding diaryl/α,β-unsaturated/α-hetero) is 1. The number of rotatable bonds is 5. The van der Waals surface area contributed by atoms with Gasteiger partial charge in [0.25, 0.3) is 5.91 Å². The fourth-order valence-corrected chi connectivity index (χ4v) is 3.64. The highest BCUT2D eigenvalue weighted by atomic mass is 16.6. The van der Waals surface area contributed by atoms with Crippen LogP contribution < -0.4 is 0 Å². The van der Waals surface area contributed by atoms with E-state index < -0.39 is 0 Å². The van der Waals surface area contributed by atoms with Crippen molar-refractivity contribution in [1.82, 2.24) is 15.2 Å². The fourth-order valence-electron chi connectivity index (χ4n) is 3.64. The Hall–Kier alpha value is -3.02. The standard InChI is InChI=1S/C21H21N3O3/c25-20(11-8-15-5-2-1-3-6-15)17-7-4-12-24(14-17)21(26)16-9-10-18-19(13-16)23-27-22-18/h1-3,5-6,9-10,13,17H,4,7-8,11-12,14H2/t17-/m1/s1. The largest absolute Gasteiger partial charge is 0.338 e. The van der Waals surface area contributed by atoms with Crippen LogP contribution in [0, 0.1) is 5.92 Å². The lowest BCUT2D eigenvalue weighted by Gasteiger charge is -2.32. The Kier molecular flexibility index (Phi) is 4.96. The molecule has 2 aromatic carbocycles. The smallest absolute Gasteiger partial charge is 0.253 e. The lowest BCUT2D eigenvalue weighted by molar-refractivity contribution is -0.124. The summed E-state index contributed by atoms with van der Waals surface area (Å²) in [5, 5.41) is 7.55. The van der Waals surface area contributed by atoms with Crippen LogP contribution in [0.3, 0.4) is 0 Å². The van der Waals surface area contributed by atoms with Crippen LogP contribution >= 0.6 is 0 Å². The monoisotopic (exact) mass is 363 g/mol. The number of carbonyl (C=O) groups is 2. The molecule has 0 spiro atoms. The van der Waals surface area contributed by atoms with Crippen LogP contribution in [0.25, 0.3) is 11.0 Å². The second-order valence-corrected chi connectivity index (χ2v) is 7.01. The van der Waals surface area contributed by atoms with E-state index in [0.29, 0.717) is 36.1 Å². The Labute approximate surface area is 157 Å². The van der Waals surface area contributed by atoms with Gasteiger partial charge in [0.1, 0.15) is 16.8 Å². The van der Waals surface area contributed by atoms with Crippen molar-refractivity contribution in [3.63, 3.8) is 0 Å². The summed E-state index contributed by atoms with van der Waals surface area (Å²) in [6.07, 6.45) is 2.97. The van der Waals surface area contributed by atoms with Gasteiger partial charge in [0.15, 0.2) is 0 Å². The van der Waals surface area contributed by atoms with Crippen LogP contribution in [0.15, 0.2) is 53.2 Å². The van der Waals surface area contributed by atoms with Gasteiger partial charge in [0.2, 0.25) is 0 Å². The highest BCUT2D eigenvalue weighted by Crippen LogP contribution is 2.22. The summed E-state index contributed by atoms with van der Waals surface area (Å²) in [6.45, 7) is 1.16. The van der Waals surface area contributed by atoms with E-state index in [0.717, 1.165) is 19.3 Å². The van der Waals surface area contributed by atoms with Crippen molar-refractivity contribution in [2.45, 2.75) is 25.7 Å². The van der Waals surface area contributed by atoms with Gasteiger partial charge in [-0.05, 0) is 53.3 Å². The Morgan fingerprint density at radius 1 is 1.07 bits per heavy atom. The number of benzene rings is 2. The molecule has 1 atom stereocenters. The summed E-state index contributed by atoms with van der Waals surface area (Å²) in [6, 6.07) is 15.2. The first-order chi connectivity index (χ1) is 13.2. The maximum absolute atomic E-state index is 12.8. The molecule has 1 aliphatic heterocycles. The normalized spacial score (nSPS) is 17.2. The molecule has 2 heterocycles. The maximum Gasteiger partial charge on any atom is 0.253 e. The first-order valence-corrected chi connectivity index (χ1v) is 9.29. The Morgan fingerprint density at radius 2 is 1.89 bits per heavy atom. The van der Waals surface area contributed by atoms with Crippen molar-refractivity contribution in [3.8, 4) is 0 Å². The maximum atomic E-state index is 12.8. The SMILES string of the molecule is O=C(CCc1ccccc1)[C@@H]1CCCN(C(=O)c2ccc3nonc3c2)C1. The second-order valence-electron chi connectivity index (χ2n) is 7.01. The van der Waals surface area contributed by atoms with Gasteiger partial charge in [-0.3, -0.25) is 9.59 Å². The third kappa shape index (κ3) is 3.89. The van der Waals surface area contributed by atoms with E-state index in [9.17, 15) is 9.59 Å². The van der Waals surface area contributed by atoms with Gasteiger partial charge in [-0.1, -0.05) is 30.3 Å². The summed E-state index contributed by atoms with van der Waals surface area (Å²) >= 11 is 0. The molecular weight excluding hydrogens is 342 g/mol. The van der Waals surface area contributed by atoms with Gasteiger partial charge >= 0.3 is 0 Å². The van der Waals surface area contributed by atoms with Crippen LogP contribution in [0.5, 0.6) is 0 Å². The van der Waals surface area contributed by atoms with E-state index in [1.165, 1.54) is 5.56 Å². The minimum atomic E-state index is -0.0798. The summed E-state index contributed by atoms with van der Waals surface area (Å²) in [5.74, 6) is 0.0943. The molecule has 138 valence electrons. The Morgan fingerprint density at radius 3 is 2.74 bits per heavy atom. The lowest BCUT2D eigenvalue weighted by atomic mass is 9.90. The second kappa shape index (κ2) is 7.70. The molecule has 1 saturated heterocycles. The molecule has 1 aliphatic rings. The average molecular weight is 363 g/mol. The molecule has 0 unspecified atom stereocenters. The van der Waals surface area contributed by atoms with Gasteiger partial charge < -0.3 is 4.90 Å². The van der Waals surface area contributed by atoms with Gasteiger partial charge in [-0.2, -0.15) is 0 Å². The highest BCUT2D eigenvalue weighted by molar-refractivity contribution is 5.97. The first kappa shape index (κ1) is 17.4. The number of hydrogen-bond acceptors (Lipinski definition) is 5. The molecule has 0 aliphatic carbocycles. The summed E-state index contributed by atoms with van der Waals surface area (Å²) < 4.78 is 4.69. The summed E-state index contributed by atoms with van der Waals surface area (Å²) in [4.78, 5) is 27.3. The molecule has 6 nitrogen and oxygen atoms in total. The van der Waals surface area contributed by atoms with E-state index in [1.54, 1.807) is 23.1 Å². The van der Waals surface area contributed by atoms with Crippen LogP contribution in [0.2, 0.25) is 0 Å². The van der Waals surface area contributed by atoms with Crippen LogP contribution in [0.4, 0.5) is 0 Å². The van der Waals surface area contributed by atoms with Crippen LogP contribution in [0.1, 0.15) is 35.2 Å². The zero-order valence-corrected chi connectivity index (χ0v) is 15.0. The van der Waals surface area contributed by atoms with Crippen molar-refractivity contribution in [3.05, 3.63) is 59.7 Å². The molecule has 1 fully saturated rings. The van der Waals surface area contributed by atoms with Crippen LogP contribution in [-0.2, 0) is 11.2 Å². The number of ketones is 1. The predicted octanol–water partition coefficient (Wildman–Crippen LogP) is 3.28. The molecule has 6 heteroatoms. The quantitative estimate of drug-likeness (QED) is 0.695. The third-order valence-corrected chi connectivity index (χ3v) is 5.17. The third-order valence-electron chi connectivity index (χ3n) is 5.17. The predicted molar refractivity (Wildman–Crippen MR) is 100 cm³/mol. The van der Waals surface area contributed by atoms with Crippen molar-refractivity contribution >= 4 is 22.7 Å². The number of fused-ring (bicyclic) bond motifs is 1. The fraction of sp³-hybridized carbons (Fsp3) is 0.333. The van der Waals surface area contributed by atoms with Gasteiger partial charge in [0, 0.05) is 31.0 Å². The van der Waals surface area contributed by atoms with Gasteiger partial charge in [-0.25, -0.2) is 4.63 Å². The topological polar surface area (TPSA) is 76.3 Å². The molecule has 3 aromatic rings. The van der Waals surface area contributed by atoms with E-state index in [1.807, 2.05) is 30.3 Å². The highest BCUT2D eigenvalue weighted by Gasteiger charge is 2.28. The van der Waals surface area contributed by atoms with Crippen molar-refractivity contribution < 1.29 is 14.2 Å². The van der Waals surface area contributed by atoms with E-state index >= 15 is 0 Å². The zero-order valence-electron chi connectivity index (χ0n) is 15.0. The van der Waals surface area contributed by atoms with E-state index in [2.05, 4.69) is 14.9 Å². The van der Waals surface area contributed by atoms with Crippen molar-refractivity contribution in [2.75, 3.05) is 13.1 Å².